The minimum absolute atomic E-state index is 0.992. The number of piperidine rings is 1. The van der Waals surface area contributed by atoms with Gasteiger partial charge in [0.25, 0.3) is 0 Å². The van der Waals surface area contributed by atoms with Crippen LogP contribution in [-0.2, 0) is 0 Å². The average Bonchev–Trinajstić information content (AvgIpc) is 2.26. The fraction of sp³-hybridized carbons (Fsp3) is 0.500. The van der Waals surface area contributed by atoms with E-state index in [4.69, 9.17) is 0 Å². The zero-order valence-electron chi connectivity index (χ0n) is 8.29. The minimum Gasteiger partial charge on any atom is -0.661 e. The number of aliphatic imine (C=N–C) groups is 1. The maximum Gasteiger partial charge on any atom is 0.170 e. The Balaban J connectivity index is 1.95. The Hall–Kier alpha value is -1.18. The van der Waals surface area contributed by atoms with Gasteiger partial charge in [-0.05, 0) is 12.1 Å². The first-order chi connectivity index (χ1) is 6.93. The lowest BCUT2D eigenvalue weighted by Gasteiger charge is -2.33. The molecule has 0 amide bonds. The molecule has 2 aliphatic heterocycles. The van der Waals surface area contributed by atoms with Gasteiger partial charge in [0.1, 0.15) is 0 Å². The normalized spacial score (nSPS) is 25.1. The molecule has 72 valence electrons. The molecule has 2 heterocycles. The van der Waals surface area contributed by atoms with Crippen molar-refractivity contribution in [2.24, 2.45) is 4.99 Å². The summed E-state index contributed by atoms with van der Waals surface area (Å²) in [5, 5.41) is 4.54. The third-order valence-electron chi connectivity index (χ3n) is 3.05. The third-order valence-corrected chi connectivity index (χ3v) is 3.05. The van der Waals surface area contributed by atoms with Crippen LogP contribution in [0.25, 0.3) is 5.32 Å². The molecular weight excluding hydrogens is 172 g/mol. The van der Waals surface area contributed by atoms with E-state index < -0.39 is 0 Å². The third kappa shape index (κ3) is 1.26. The van der Waals surface area contributed by atoms with Crippen molar-refractivity contribution in [3.8, 4) is 0 Å². The first kappa shape index (κ1) is 8.16. The van der Waals surface area contributed by atoms with Gasteiger partial charge in [-0.1, -0.05) is 6.42 Å². The highest BCUT2D eigenvalue weighted by Gasteiger charge is 2.27. The fourth-order valence-electron chi connectivity index (χ4n) is 2.31. The molecule has 0 atom stereocenters. The molecule has 1 fully saturated rings. The second kappa shape index (κ2) is 3.19. The Labute approximate surface area is 84.8 Å². The van der Waals surface area contributed by atoms with Gasteiger partial charge >= 0.3 is 0 Å². The van der Waals surface area contributed by atoms with Crippen LogP contribution in [0.1, 0.15) is 25.7 Å². The molecule has 0 N–H and O–H groups in total. The maximum atomic E-state index is 4.54. The van der Waals surface area contributed by atoms with Crippen molar-refractivity contribution in [1.82, 2.24) is 0 Å². The molecule has 0 aromatic heterocycles. The fourth-order valence-corrected chi connectivity index (χ4v) is 2.31. The quantitative estimate of drug-likeness (QED) is 0.520. The van der Waals surface area contributed by atoms with Crippen LogP contribution in [0.2, 0.25) is 0 Å². The highest BCUT2D eigenvalue weighted by Crippen LogP contribution is 2.37. The first-order valence-corrected chi connectivity index (χ1v) is 5.44. The van der Waals surface area contributed by atoms with Gasteiger partial charge in [-0.3, -0.25) is 4.99 Å². The molecule has 3 aliphatic rings. The molecule has 0 aromatic rings. The van der Waals surface area contributed by atoms with Crippen LogP contribution in [-0.4, -0.2) is 18.8 Å². The summed E-state index contributed by atoms with van der Waals surface area (Å²) < 4.78 is 0. The highest BCUT2D eigenvalue weighted by molar-refractivity contribution is 6.11. The van der Waals surface area contributed by atoms with Crippen LogP contribution in [0.4, 0.5) is 0 Å². The molecule has 0 aromatic carbocycles. The molecule has 1 saturated heterocycles. The van der Waals surface area contributed by atoms with E-state index in [2.05, 4.69) is 22.5 Å². The average molecular weight is 186 g/mol. The second-order valence-electron chi connectivity index (χ2n) is 4.08. The number of allylic oxidation sites excluding steroid dienone is 3. The topological polar surface area (TPSA) is 26.5 Å². The van der Waals surface area contributed by atoms with E-state index in [1.807, 2.05) is 0 Å². The molecule has 3 rings (SSSR count). The van der Waals surface area contributed by atoms with E-state index in [-0.39, 0.29) is 0 Å². The lowest BCUT2D eigenvalue weighted by molar-refractivity contribution is 0.760. The largest absolute Gasteiger partial charge is 0.661 e. The number of hydrogen-bond donors (Lipinski definition) is 0. The van der Waals surface area contributed by atoms with E-state index in [1.165, 1.54) is 48.6 Å². The summed E-state index contributed by atoms with van der Waals surface area (Å²) in [6, 6.07) is 0. The van der Waals surface area contributed by atoms with Crippen molar-refractivity contribution in [2.75, 3.05) is 13.1 Å². The smallest absolute Gasteiger partial charge is 0.170 e. The van der Waals surface area contributed by atoms with Gasteiger partial charge in [-0.2, -0.15) is 0 Å². The molecule has 2 nitrogen and oxygen atoms in total. The number of nitrogens with zero attached hydrogens (tertiary/aromatic N) is 2. The van der Waals surface area contributed by atoms with Crippen LogP contribution < -0.4 is 0 Å². The maximum absolute atomic E-state index is 4.54. The van der Waals surface area contributed by atoms with Gasteiger partial charge in [-0.25, -0.2) is 0 Å². The van der Waals surface area contributed by atoms with Crippen molar-refractivity contribution in [1.29, 1.82) is 0 Å². The van der Waals surface area contributed by atoms with Crippen LogP contribution in [0.5, 0.6) is 0 Å². The number of rotatable bonds is 0. The SMILES string of the molecule is C1=C2CCCN=C2C=C2[N-]CCC[C+]12. The Kier molecular flexibility index (Phi) is 1.86. The predicted octanol–water partition coefficient (Wildman–Crippen LogP) is 2.79. The van der Waals surface area contributed by atoms with E-state index in [0.29, 0.717) is 0 Å². The Morgan fingerprint density at radius 2 is 2.36 bits per heavy atom. The second-order valence-corrected chi connectivity index (χ2v) is 4.08. The molecule has 0 bridgehead atoms. The molecular formula is C12H14N2. The van der Waals surface area contributed by atoms with Gasteiger partial charge in [0.05, 0.1) is 17.7 Å². The summed E-state index contributed by atoms with van der Waals surface area (Å²) in [5.74, 6) is 1.44. The predicted molar refractivity (Wildman–Crippen MR) is 58.4 cm³/mol. The van der Waals surface area contributed by atoms with Gasteiger partial charge in [0, 0.05) is 25.3 Å². The highest BCUT2D eigenvalue weighted by atomic mass is 14.9. The Bertz CT molecular complexity index is 336. The molecule has 14 heavy (non-hydrogen) atoms. The Morgan fingerprint density at radius 3 is 3.36 bits per heavy atom. The summed E-state index contributed by atoms with van der Waals surface area (Å²) in [4.78, 5) is 4.54. The van der Waals surface area contributed by atoms with E-state index in [9.17, 15) is 0 Å². The molecule has 0 spiro atoms. The zero-order chi connectivity index (χ0) is 9.38. The van der Waals surface area contributed by atoms with E-state index in [0.717, 1.165) is 13.1 Å². The minimum atomic E-state index is 0.992. The lowest BCUT2D eigenvalue weighted by atomic mass is 9.84. The summed E-state index contributed by atoms with van der Waals surface area (Å²) >= 11 is 0. The van der Waals surface area contributed by atoms with Crippen LogP contribution in [0, 0.1) is 5.92 Å². The van der Waals surface area contributed by atoms with Crippen molar-refractivity contribution in [2.45, 2.75) is 25.7 Å². The number of fused-ring (bicyclic) bond motifs is 2. The first-order valence-electron chi connectivity index (χ1n) is 5.44. The zero-order valence-corrected chi connectivity index (χ0v) is 8.29. The van der Waals surface area contributed by atoms with E-state index >= 15 is 0 Å². The summed E-state index contributed by atoms with van der Waals surface area (Å²) in [7, 11) is 0. The van der Waals surface area contributed by atoms with E-state index in [1.54, 1.807) is 0 Å². The number of hydrogen-bond acceptors (Lipinski definition) is 1. The molecule has 0 radical (unpaired) electrons. The molecule has 0 saturated carbocycles. The molecule has 0 unspecified atom stereocenters. The summed E-state index contributed by atoms with van der Waals surface area (Å²) in [5.41, 5.74) is 3.83. The summed E-state index contributed by atoms with van der Waals surface area (Å²) in [6.45, 7) is 1.98. The van der Waals surface area contributed by atoms with Crippen LogP contribution >= 0.6 is 0 Å². The van der Waals surface area contributed by atoms with Gasteiger partial charge in [0.2, 0.25) is 0 Å². The van der Waals surface area contributed by atoms with Gasteiger partial charge in [-0.15, -0.1) is 6.54 Å². The van der Waals surface area contributed by atoms with Crippen LogP contribution in [0.15, 0.2) is 28.4 Å². The standard InChI is InChI=1S/C12H14N2/c1-3-9-7-10-4-2-6-14-12(10)8-11(9)13-5-1/h7-8H,1-6H2. The van der Waals surface area contributed by atoms with Crippen molar-refractivity contribution < 1.29 is 0 Å². The monoisotopic (exact) mass is 186 g/mol. The molecule has 2 heteroatoms. The summed E-state index contributed by atoms with van der Waals surface area (Å²) in [6.07, 6.45) is 9.34. The van der Waals surface area contributed by atoms with Crippen molar-refractivity contribution >= 4 is 5.71 Å². The van der Waals surface area contributed by atoms with Crippen LogP contribution in [0.3, 0.4) is 0 Å². The van der Waals surface area contributed by atoms with Gasteiger partial charge in [0.15, 0.2) is 5.71 Å². The van der Waals surface area contributed by atoms with Crippen molar-refractivity contribution in [3.63, 3.8) is 0 Å². The van der Waals surface area contributed by atoms with Gasteiger partial charge < -0.3 is 5.32 Å². The van der Waals surface area contributed by atoms with Crippen molar-refractivity contribution in [3.05, 3.63) is 34.7 Å². The Morgan fingerprint density at radius 1 is 1.36 bits per heavy atom. The molecule has 1 aliphatic carbocycles. The lowest BCUT2D eigenvalue weighted by Crippen LogP contribution is -2.18.